The van der Waals surface area contributed by atoms with Gasteiger partial charge in [-0.3, -0.25) is 14.3 Å². The van der Waals surface area contributed by atoms with E-state index < -0.39 is 5.54 Å². The standard InChI is InChI=1S/C25H27ClN4O3/c1-25(24(32)27-18-9-3-2-4-10-18)16-30-21(14-20(28-30)22-12-7-13-33-22)23(31)29(25)15-17-8-5-6-11-19(17)26/h5-8,11-14,18H,2-4,9-10,15-16H2,1H3,(H,27,32)/t25-/m1/s1. The van der Waals surface area contributed by atoms with Crippen LogP contribution in [0.1, 0.15) is 55.1 Å². The molecule has 1 atom stereocenters. The molecule has 3 heterocycles. The number of nitrogens with zero attached hydrogens (tertiary/aromatic N) is 3. The molecular weight excluding hydrogens is 440 g/mol. The lowest BCUT2D eigenvalue weighted by atomic mass is 9.91. The summed E-state index contributed by atoms with van der Waals surface area (Å²) >= 11 is 6.42. The van der Waals surface area contributed by atoms with Crippen molar-refractivity contribution in [2.75, 3.05) is 0 Å². The predicted molar refractivity (Wildman–Crippen MR) is 125 cm³/mol. The maximum Gasteiger partial charge on any atom is 0.273 e. The average molecular weight is 467 g/mol. The van der Waals surface area contributed by atoms with Crippen LogP contribution in [0.15, 0.2) is 53.1 Å². The van der Waals surface area contributed by atoms with Crippen molar-refractivity contribution >= 4 is 23.4 Å². The first kappa shape index (κ1) is 21.8. The average Bonchev–Trinajstić information content (AvgIpc) is 3.48. The largest absolute Gasteiger partial charge is 0.463 e. The molecule has 0 bridgehead atoms. The molecule has 1 aromatic carbocycles. The third kappa shape index (κ3) is 4.06. The van der Waals surface area contributed by atoms with Crippen LogP contribution in [0.2, 0.25) is 5.02 Å². The van der Waals surface area contributed by atoms with Gasteiger partial charge in [-0.05, 0) is 43.5 Å². The van der Waals surface area contributed by atoms with Gasteiger partial charge in [-0.1, -0.05) is 49.1 Å². The first-order valence-corrected chi connectivity index (χ1v) is 11.8. The van der Waals surface area contributed by atoms with Crippen LogP contribution in [0, 0.1) is 0 Å². The van der Waals surface area contributed by atoms with E-state index in [-0.39, 0.29) is 30.9 Å². The van der Waals surface area contributed by atoms with E-state index >= 15 is 0 Å². The van der Waals surface area contributed by atoms with E-state index in [1.54, 1.807) is 40.1 Å². The van der Waals surface area contributed by atoms with Crippen molar-refractivity contribution in [3.8, 4) is 11.5 Å². The second-order valence-electron chi connectivity index (χ2n) is 9.11. The van der Waals surface area contributed by atoms with Gasteiger partial charge in [-0.2, -0.15) is 5.10 Å². The highest BCUT2D eigenvalue weighted by Crippen LogP contribution is 2.33. The van der Waals surface area contributed by atoms with Gasteiger partial charge >= 0.3 is 0 Å². The zero-order valence-electron chi connectivity index (χ0n) is 18.6. The Morgan fingerprint density at radius 1 is 1.21 bits per heavy atom. The highest BCUT2D eigenvalue weighted by atomic mass is 35.5. The molecule has 0 spiro atoms. The highest BCUT2D eigenvalue weighted by Gasteiger charge is 2.48. The Balaban J connectivity index is 1.52. The molecule has 3 aromatic rings. The van der Waals surface area contributed by atoms with Crippen LogP contribution in [-0.2, 0) is 17.9 Å². The lowest BCUT2D eigenvalue weighted by molar-refractivity contribution is -0.134. The van der Waals surface area contributed by atoms with E-state index in [1.807, 2.05) is 25.1 Å². The maximum absolute atomic E-state index is 13.7. The van der Waals surface area contributed by atoms with Gasteiger partial charge in [0.05, 0.1) is 12.8 Å². The second-order valence-corrected chi connectivity index (χ2v) is 9.52. The van der Waals surface area contributed by atoms with Gasteiger partial charge in [0.2, 0.25) is 5.91 Å². The lowest BCUT2D eigenvalue weighted by Crippen LogP contribution is -2.64. The van der Waals surface area contributed by atoms with Gasteiger partial charge in [0.1, 0.15) is 16.9 Å². The van der Waals surface area contributed by atoms with Crippen LogP contribution in [0.5, 0.6) is 0 Å². The molecule has 7 nitrogen and oxygen atoms in total. The van der Waals surface area contributed by atoms with Crippen LogP contribution in [0.25, 0.3) is 11.5 Å². The first-order chi connectivity index (χ1) is 16.0. The first-order valence-electron chi connectivity index (χ1n) is 11.4. The summed E-state index contributed by atoms with van der Waals surface area (Å²) in [5.41, 5.74) is 0.672. The van der Waals surface area contributed by atoms with Crippen LogP contribution >= 0.6 is 11.6 Å². The molecule has 0 saturated heterocycles. The number of fused-ring (bicyclic) bond motifs is 1. The molecule has 1 fully saturated rings. The smallest absolute Gasteiger partial charge is 0.273 e. The summed E-state index contributed by atoms with van der Waals surface area (Å²) in [5.74, 6) is 0.166. The van der Waals surface area contributed by atoms with Crippen molar-refractivity contribution in [2.24, 2.45) is 0 Å². The normalized spacial score (nSPS) is 21.2. The quantitative estimate of drug-likeness (QED) is 0.593. The van der Waals surface area contributed by atoms with Crippen LogP contribution in [0.4, 0.5) is 0 Å². The van der Waals surface area contributed by atoms with E-state index in [0.29, 0.717) is 22.2 Å². The van der Waals surface area contributed by atoms with Gasteiger partial charge in [0.15, 0.2) is 5.76 Å². The molecule has 2 aliphatic rings. The molecule has 1 aliphatic carbocycles. The van der Waals surface area contributed by atoms with Gasteiger partial charge in [-0.25, -0.2) is 0 Å². The number of aromatic nitrogens is 2. The zero-order valence-corrected chi connectivity index (χ0v) is 19.3. The minimum absolute atomic E-state index is 0.137. The Morgan fingerprint density at radius 2 is 2.00 bits per heavy atom. The van der Waals surface area contributed by atoms with Crippen molar-refractivity contribution in [1.29, 1.82) is 0 Å². The molecule has 0 radical (unpaired) electrons. The predicted octanol–water partition coefficient (Wildman–Crippen LogP) is 4.66. The second kappa shape index (κ2) is 8.71. The van der Waals surface area contributed by atoms with Crippen LogP contribution in [0.3, 0.4) is 0 Å². The third-order valence-corrected chi connectivity index (χ3v) is 7.16. The molecule has 8 heteroatoms. The number of halogens is 1. The number of rotatable bonds is 5. The molecule has 1 N–H and O–H groups in total. The summed E-state index contributed by atoms with van der Waals surface area (Å²) < 4.78 is 7.10. The van der Waals surface area contributed by atoms with E-state index in [1.165, 1.54) is 6.42 Å². The van der Waals surface area contributed by atoms with E-state index in [9.17, 15) is 9.59 Å². The molecule has 2 amide bonds. The van der Waals surface area contributed by atoms with Crippen molar-refractivity contribution in [3.05, 3.63) is 65.0 Å². The van der Waals surface area contributed by atoms with Gasteiger partial charge in [-0.15, -0.1) is 0 Å². The Bertz CT molecular complexity index is 1170. The molecule has 0 unspecified atom stereocenters. The van der Waals surface area contributed by atoms with Crippen molar-refractivity contribution in [1.82, 2.24) is 20.0 Å². The summed E-state index contributed by atoms with van der Waals surface area (Å²) in [5, 5.41) is 8.38. The summed E-state index contributed by atoms with van der Waals surface area (Å²) in [6.07, 6.45) is 6.93. The zero-order chi connectivity index (χ0) is 23.0. The van der Waals surface area contributed by atoms with E-state index in [0.717, 1.165) is 31.2 Å². The number of carbonyl (C=O) groups is 2. The number of carbonyl (C=O) groups excluding carboxylic acids is 2. The molecule has 172 valence electrons. The minimum atomic E-state index is -1.12. The fourth-order valence-electron chi connectivity index (χ4n) is 4.82. The molecule has 2 aromatic heterocycles. The number of amides is 2. The SMILES string of the molecule is C[C@]1(C(=O)NC2CCCCC2)Cn2nc(-c3ccco3)cc2C(=O)N1Cc1ccccc1Cl. The minimum Gasteiger partial charge on any atom is -0.463 e. The maximum atomic E-state index is 13.7. The van der Waals surface area contributed by atoms with Crippen molar-refractivity contribution in [3.63, 3.8) is 0 Å². The number of nitrogens with one attached hydrogen (secondary N) is 1. The summed E-state index contributed by atoms with van der Waals surface area (Å²) in [4.78, 5) is 29.0. The van der Waals surface area contributed by atoms with Gasteiger partial charge in [0, 0.05) is 23.7 Å². The fraction of sp³-hybridized carbons (Fsp3) is 0.400. The summed E-state index contributed by atoms with van der Waals surface area (Å²) in [7, 11) is 0. The lowest BCUT2D eigenvalue weighted by Gasteiger charge is -2.44. The summed E-state index contributed by atoms with van der Waals surface area (Å²) in [6, 6.07) is 12.9. The summed E-state index contributed by atoms with van der Waals surface area (Å²) in [6.45, 7) is 2.29. The van der Waals surface area contributed by atoms with Gasteiger partial charge in [0.25, 0.3) is 5.91 Å². The van der Waals surface area contributed by atoms with E-state index in [2.05, 4.69) is 10.4 Å². The van der Waals surface area contributed by atoms with Crippen LogP contribution < -0.4 is 5.32 Å². The number of benzene rings is 1. The number of hydrogen-bond donors (Lipinski definition) is 1. The topological polar surface area (TPSA) is 80.4 Å². The molecule has 1 aliphatic heterocycles. The van der Waals surface area contributed by atoms with Crippen LogP contribution in [-0.4, -0.2) is 38.1 Å². The Hall–Kier alpha value is -3.06. The Labute approximate surface area is 197 Å². The fourth-order valence-corrected chi connectivity index (χ4v) is 5.01. The van der Waals surface area contributed by atoms with Crippen molar-refractivity contribution < 1.29 is 14.0 Å². The van der Waals surface area contributed by atoms with Crippen molar-refractivity contribution in [2.45, 2.75) is 63.7 Å². The molecular formula is C25H27ClN4O3. The monoisotopic (exact) mass is 466 g/mol. The third-order valence-electron chi connectivity index (χ3n) is 6.79. The number of furan rings is 1. The van der Waals surface area contributed by atoms with E-state index in [4.69, 9.17) is 16.0 Å². The Morgan fingerprint density at radius 3 is 2.73 bits per heavy atom. The highest BCUT2D eigenvalue weighted by molar-refractivity contribution is 6.31. The Kier molecular flexibility index (Phi) is 5.74. The van der Waals surface area contributed by atoms with Gasteiger partial charge < -0.3 is 14.6 Å². The molecule has 5 rings (SSSR count). The number of hydrogen-bond acceptors (Lipinski definition) is 4. The molecule has 1 saturated carbocycles. The molecule has 33 heavy (non-hydrogen) atoms.